The largest absolute Gasteiger partial charge is 0.497 e. The van der Waals surface area contributed by atoms with E-state index in [1.54, 1.807) is 24.2 Å². The summed E-state index contributed by atoms with van der Waals surface area (Å²) in [7, 11) is 1.64. The molecule has 2 amide bonds. The highest BCUT2D eigenvalue weighted by atomic mass is 32.1. The highest BCUT2D eigenvalue weighted by molar-refractivity contribution is 7.12. The van der Waals surface area contributed by atoms with Crippen LogP contribution in [0.15, 0.2) is 66.6 Å². The number of hydrogen-bond donors (Lipinski definition) is 0. The average molecular weight is 478 g/mol. The lowest BCUT2D eigenvalue weighted by Gasteiger charge is -2.36. The lowest BCUT2D eigenvalue weighted by atomic mass is 10.1. The lowest BCUT2D eigenvalue weighted by molar-refractivity contribution is -0.132. The van der Waals surface area contributed by atoms with Crippen molar-refractivity contribution in [3.8, 4) is 17.0 Å². The number of thiophene rings is 1. The van der Waals surface area contributed by atoms with Crippen LogP contribution in [0.5, 0.6) is 5.75 Å². The minimum atomic E-state index is -0.144. The number of rotatable bonds is 8. The van der Waals surface area contributed by atoms with Gasteiger partial charge in [0, 0.05) is 38.3 Å². The third kappa shape index (κ3) is 5.43. The van der Waals surface area contributed by atoms with Crippen molar-refractivity contribution in [2.75, 3.05) is 51.3 Å². The van der Waals surface area contributed by atoms with Crippen molar-refractivity contribution < 1.29 is 14.3 Å². The van der Waals surface area contributed by atoms with Gasteiger partial charge >= 0.3 is 0 Å². The standard InChI is InChI=1S/C25H27N5O3S/c1-3-12-30(25(32)22-5-4-17-34-22)18-24(31)29-15-13-28(14-16-29)23-11-10-21(26-27-23)19-6-8-20(33-2)9-7-19/h3-11,17H,1,12-16,18H2,2H3. The number of hydrogen-bond acceptors (Lipinski definition) is 7. The quantitative estimate of drug-likeness (QED) is 0.464. The zero-order valence-corrected chi connectivity index (χ0v) is 19.9. The number of amides is 2. The van der Waals surface area contributed by atoms with Gasteiger partial charge in [-0.15, -0.1) is 28.1 Å². The summed E-state index contributed by atoms with van der Waals surface area (Å²) in [4.78, 5) is 31.7. The Labute approximate surface area is 203 Å². The van der Waals surface area contributed by atoms with Gasteiger partial charge in [0.15, 0.2) is 5.82 Å². The fraction of sp³-hybridized carbons (Fsp3) is 0.280. The number of anilines is 1. The smallest absolute Gasteiger partial charge is 0.264 e. The van der Waals surface area contributed by atoms with Crippen LogP contribution in [0.25, 0.3) is 11.3 Å². The third-order valence-electron chi connectivity index (χ3n) is 5.69. The van der Waals surface area contributed by atoms with E-state index in [1.165, 1.54) is 16.2 Å². The fourth-order valence-corrected chi connectivity index (χ4v) is 4.48. The van der Waals surface area contributed by atoms with Gasteiger partial charge in [-0.1, -0.05) is 12.1 Å². The van der Waals surface area contributed by atoms with Crippen molar-refractivity contribution in [3.63, 3.8) is 0 Å². The van der Waals surface area contributed by atoms with Crippen LogP contribution in [0.3, 0.4) is 0 Å². The molecule has 3 heterocycles. The molecule has 1 fully saturated rings. The first-order valence-electron chi connectivity index (χ1n) is 11.0. The van der Waals surface area contributed by atoms with Gasteiger partial charge in [0.25, 0.3) is 5.91 Å². The van der Waals surface area contributed by atoms with Gasteiger partial charge in [0.1, 0.15) is 12.3 Å². The van der Waals surface area contributed by atoms with E-state index in [0.29, 0.717) is 37.6 Å². The Balaban J connectivity index is 1.32. The Bertz CT molecular complexity index is 1110. The van der Waals surface area contributed by atoms with Crippen LogP contribution >= 0.6 is 11.3 Å². The zero-order valence-electron chi connectivity index (χ0n) is 19.1. The van der Waals surface area contributed by atoms with E-state index < -0.39 is 0 Å². The summed E-state index contributed by atoms with van der Waals surface area (Å²) in [5.74, 6) is 1.37. The molecule has 176 valence electrons. The summed E-state index contributed by atoms with van der Waals surface area (Å²) in [6.45, 7) is 6.53. The summed E-state index contributed by atoms with van der Waals surface area (Å²) in [6.07, 6.45) is 1.64. The Kier molecular flexibility index (Phi) is 7.54. The van der Waals surface area contributed by atoms with Crippen molar-refractivity contribution in [3.05, 3.63) is 71.4 Å². The number of carbonyl (C=O) groups is 2. The Morgan fingerprint density at radius 1 is 1.09 bits per heavy atom. The van der Waals surface area contributed by atoms with Crippen LogP contribution in [-0.4, -0.2) is 78.2 Å². The summed E-state index contributed by atoms with van der Waals surface area (Å²) >= 11 is 1.37. The second-order valence-electron chi connectivity index (χ2n) is 7.82. The molecule has 3 aromatic rings. The molecule has 0 N–H and O–H groups in total. The maximum atomic E-state index is 12.9. The summed E-state index contributed by atoms with van der Waals surface area (Å²) in [5.41, 5.74) is 1.76. The number of benzene rings is 1. The molecule has 1 aliphatic heterocycles. The molecule has 0 aliphatic carbocycles. The Hall–Kier alpha value is -3.72. The van der Waals surface area contributed by atoms with Crippen LogP contribution in [0.1, 0.15) is 9.67 Å². The van der Waals surface area contributed by atoms with Crippen LogP contribution in [0, 0.1) is 0 Å². The third-order valence-corrected chi connectivity index (χ3v) is 6.55. The number of methoxy groups -OCH3 is 1. The lowest BCUT2D eigenvalue weighted by Crippen LogP contribution is -2.52. The summed E-state index contributed by atoms with van der Waals surface area (Å²) in [6, 6.07) is 15.2. The zero-order chi connectivity index (χ0) is 23.9. The fourth-order valence-electron chi connectivity index (χ4n) is 3.79. The molecular formula is C25H27N5O3S. The first kappa shape index (κ1) is 23.4. The molecule has 0 radical (unpaired) electrons. The highest BCUT2D eigenvalue weighted by Gasteiger charge is 2.25. The van der Waals surface area contributed by atoms with Gasteiger partial charge in [-0.25, -0.2) is 0 Å². The van der Waals surface area contributed by atoms with Gasteiger partial charge in [-0.2, -0.15) is 0 Å². The van der Waals surface area contributed by atoms with E-state index >= 15 is 0 Å². The van der Waals surface area contributed by atoms with Gasteiger partial charge in [0.05, 0.1) is 17.7 Å². The molecule has 1 aliphatic rings. The molecule has 1 saturated heterocycles. The second kappa shape index (κ2) is 10.9. The minimum absolute atomic E-state index is 0.0408. The van der Waals surface area contributed by atoms with E-state index in [2.05, 4.69) is 21.7 Å². The average Bonchev–Trinajstić information content (AvgIpc) is 3.43. The number of aromatic nitrogens is 2. The number of ether oxygens (including phenoxy) is 1. The maximum absolute atomic E-state index is 12.9. The maximum Gasteiger partial charge on any atom is 0.264 e. The van der Waals surface area contributed by atoms with Crippen LogP contribution in [-0.2, 0) is 4.79 Å². The highest BCUT2D eigenvalue weighted by Crippen LogP contribution is 2.22. The van der Waals surface area contributed by atoms with Gasteiger partial charge in [-0.3, -0.25) is 9.59 Å². The molecular weight excluding hydrogens is 450 g/mol. The van der Waals surface area contributed by atoms with Gasteiger partial charge in [-0.05, 0) is 47.8 Å². The summed E-state index contributed by atoms with van der Waals surface area (Å²) < 4.78 is 5.20. The SMILES string of the molecule is C=CCN(CC(=O)N1CCN(c2ccc(-c3ccc(OC)cc3)nn2)CC1)C(=O)c1cccs1. The van der Waals surface area contributed by atoms with Crippen molar-refractivity contribution >= 4 is 29.0 Å². The van der Waals surface area contributed by atoms with E-state index in [4.69, 9.17) is 4.74 Å². The van der Waals surface area contributed by atoms with E-state index in [1.807, 2.05) is 47.8 Å². The molecule has 8 nitrogen and oxygen atoms in total. The van der Waals surface area contributed by atoms with Crippen molar-refractivity contribution in [2.45, 2.75) is 0 Å². The van der Waals surface area contributed by atoms with Crippen molar-refractivity contribution in [1.29, 1.82) is 0 Å². The van der Waals surface area contributed by atoms with Gasteiger partial charge < -0.3 is 19.4 Å². The predicted octanol–water partition coefficient (Wildman–Crippen LogP) is 3.19. The molecule has 0 spiro atoms. The normalized spacial score (nSPS) is 13.4. The predicted molar refractivity (Wildman–Crippen MR) is 133 cm³/mol. The number of nitrogens with zero attached hydrogens (tertiary/aromatic N) is 5. The molecule has 9 heteroatoms. The molecule has 34 heavy (non-hydrogen) atoms. The minimum Gasteiger partial charge on any atom is -0.497 e. The van der Waals surface area contributed by atoms with E-state index in [-0.39, 0.29) is 18.4 Å². The second-order valence-corrected chi connectivity index (χ2v) is 8.77. The topological polar surface area (TPSA) is 78.9 Å². The molecule has 0 atom stereocenters. The Morgan fingerprint density at radius 2 is 1.85 bits per heavy atom. The summed E-state index contributed by atoms with van der Waals surface area (Å²) in [5, 5.41) is 10.6. The van der Waals surface area contributed by atoms with Crippen LogP contribution < -0.4 is 9.64 Å². The van der Waals surface area contributed by atoms with Crippen molar-refractivity contribution in [1.82, 2.24) is 20.0 Å². The monoisotopic (exact) mass is 477 g/mol. The molecule has 0 bridgehead atoms. The number of carbonyl (C=O) groups excluding carboxylic acids is 2. The van der Waals surface area contributed by atoms with Crippen LogP contribution in [0.2, 0.25) is 0 Å². The first-order chi connectivity index (χ1) is 16.6. The molecule has 0 saturated carbocycles. The Morgan fingerprint density at radius 3 is 2.44 bits per heavy atom. The van der Waals surface area contributed by atoms with Crippen LogP contribution in [0.4, 0.5) is 5.82 Å². The molecule has 2 aromatic heterocycles. The number of piperazine rings is 1. The molecule has 0 unspecified atom stereocenters. The van der Waals surface area contributed by atoms with E-state index in [0.717, 1.165) is 22.8 Å². The van der Waals surface area contributed by atoms with Gasteiger partial charge in [0.2, 0.25) is 5.91 Å². The molecule has 4 rings (SSSR count). The molecule has 1 aromatic carbocycles. The van der Waals surface area contributed by atoms with Crippen molar-refractivity contribution in [2.24, 2.45) is 0 Å². The van der Waals surface area contributed by atoms with E-state index in [9.17, 15) is 9.59 Å². The first-order valence-corrected chi connectivity index (χ1v) is 11.9.